The maximum atomic E-state index is 9.68. The highest BCUT2D eigenvalue weighted by Gasteiger charge is 2.30. The van der Waals surface area contributed by atoms with Gasteiger partial charge in [0.15, 0.2) is 0 Å². The van der Waals surface area contributed by atoms with Crippen molar-refractivity contribution in [1.82, 2.24) is 10.2 Å². The van der Waals surface area contributed by atoms with Crippen molar-refractivity contribution in [2.45, 2.75) is 18.9 Å². The first-order valence-corrected chi connectivity index (χ1v) is 4.97. The number of nitrogens with one attached hydrogen (secondary N) is 1. The molecule has 2 N–H and O–H groups in total. The van der Waals surface area contributed by atoms with Crippen LogP contribution in [0.1, 0.15) is 12.8 Å². The lowest BCUT2D eigenvalue weighted by Crippen LogP contribution is -2.46. The van der Waals surface area contributed by atoms with E-state index in [1.54, 1.807) is 0 Å². The average Bonchev–Trinajstić information content (AvgIpc) is 2.88. The third kappa shape index (κ3) is 2.19. The number of nitrogens with zero attached hydrogens (tertiary/aromatic N) is 1. The highest BCUT2D eigenvalue weighted by atomic mass is 16.3. The van der Waals surface area contributed by atoms with E-state index >= 15 is 0 Å². The van der Waals surface area contributed by atoms with Crippen molar-refractivity contribution in [3.63, 3.8) is 0 Å². The molecule has 0 amide bonds. The van der Waals surface area contributed by atoms with Crippen molar-refractivity contribution in [2.24, 2.45) is 5.92 Å². The van der Waals surface area contributed by atoms with Crippen LogP contribution in [-0.2, 0) is 0 Å². The summed E-state index contributed by atoms with van der Waals surface area (Å²) in [5, 5.41) is 13.0. The van der Waals surface area contributed by atoms with E-state index in [4.69, 9.17) is 0 Å². The molecule has 0 bridgehead atoms. The lowest BCUT2D eigenvalue weighted by atomic mass is 10.2. The van der Waals surface area contributed by atoms with Crippen molar-refractivity contribution in [2.75, 3.05) is 32.7 Å². The summed E-state index contributed by atoms with van der Waals surface area (Å²) in [4.78, 5) is 2.36. The van der Waals surface area contributed by atoms with Gasteiger partial charge < -0.3 is 10.4 Å². The Hall–Kier alpha value is -0.120. The minimum atomic E-state index is -0.0527. The van der Waals surface area contributed by atoms with E-state index in [-0.39, 0.29) is 6.10 Å². The quantitative estimate of drug-likeness (QED) is 0.608. The molecule has 2 aliphatic rings. The zero-order valence-electron chi connectivity index (χ0n) is 7.50. The van der Waals surface area contributed by atoms with Crippen LogP contribution < -0.4 is 5.32 Å². The van der Waals surface area contributed by atoms with Crippen molar-refractivity contribution in [3.05, 3.63) is 0 Å². The standard InChI is InChI=1S/C9H18N2O/c12-9(8-1-2-8)7-11-5-3-10-4-6-11/h8-10,12H,1-7H2. The molecule has 1 unspecified atom stereocenters. The van der Waals surface area contributed by atoms with Gasteiger partial charge in [0.1, 0.15) is 0 Å². The van der Waals surface area contributed by atoms with Crippen LogP contribution in [0.25, 0.3) is 0 Å². The molecule has 0 spiro atoms. The van der Waals surface area contributed by atoms with Crippen LogP contribution in [-0.4, -0.2) is 48.8 Å². The molecule has 1 aliphatic heterocycles. The molecule has 0 radical (unpaired) electrons. The molecular weight excluding hydrogens is 152 g/mol. The summed E-state index contributed by atoms with van der Waals surface area (Å²) in [6.07, 6.45) is 2.43. The fraction of sp³-hybridized carbons (Fsp3) is 1.00. The SMILES string of the molecule is OC(CN1CCNCC1)C1CC1. The van der Waals surface area contributed by atoms with Gasteiger partial charge >= 0.3 is 0 Å². The molecule has 0 aromatic carbocycles. The molecule has 3 nitrogen and oxygen atoms in total. The van der Waals surface area contributed by atoms with Crippen molar-refractivity contribution in [3.8, 4) is 0 Å². The highest BCUT2D eigenvalue weighted by Crippen LogP contribution is 2.32. The number of aliphatic hydroxyl groups is 1. The zero-order valence-corrected chi connectivity index (χ0v) is 7.50. The molecule has 0 aromatic rings. The number of β-amino-alcohol motifs (C(OH)–C–C–N with tert-alkyl or cyclic N) is 1. The van der Waals surface area contributed by atoms with Crippen LogP contribution in [0.4, 0.5) is 0 Å². The maximum Gasteiger partial charge on any atom is 0.0695 e. The fourth-order valence-corrected chi connectivity index (χ4v) is 1.79. The van der Waals surface area contributed by atoms with E-state index in [1.165, 1.54) is 12.8 Å². The van der Waals surface area contributed by atoms with Gasteiger partial charge in [-0.2, -0.15) is 0 Å². The van der Waals surface area contributed by atoms with Gasteiger partial charge in [-0.25, -0.2) is 0 Å². The summed E-state index contributed by atoms with van der Waals surface area (Å²) in [5.41, 5.74) is 0. The number of hydrogen-bond acceptors (Lipinski definition) is 3. The van der Waals surface area contributed by atoms with Gasteiger partial charge in [0, 0.05) is 32.7 Å². The Morgan fingerprint density at radius 2 is 2.00 bits per heavy atom. The predicted octanol–water partition coefficient (Wildman–Crippen LogP) is -0.337. The minimum Gasteiger partial charge on any atom is -0.392 e. The summed E-state index contributed by atoms with van der Waals surface area (Å²) in [6.45, 7) is 5.26. The van der Waals surface area contributed by atoms with Gasteiger partial charge in [0.25, 0.3) is 0 Å². The summed E-state index contributed by atoms with van der Waals surface area (Å²) in [5.74, 6) is 0.625. The monoisotopic (exact) mass is 170 g/mol. The first-order valence-electron chi connectivity index (χ1n) is 4.97. The number of aliphatic hydroxyl groups excluding tert-OH is 1. The van der Waals surface area contributed by atoms with E-state index in [2.05, 4.69) is 10.2 Å². The smallest absolute Gasteiger partial charge is 0.0695 e. The van der Waals surface area contributed by atoms with Crippen LogP contribution in [0.5, 0.6) is 0 Å². The van der Waals surface area contributed by atoms with Crippen molar-refractivity contribution < 1.29 is 5.11 Å². The molecule has 70 valence electrons. The highest BCUT2D eigenvalue weighted by molar-refractivity contribution is 4.83. The lowest BCUT2D eigenvalue weighted by molar-refractivity contribution is 0.0890. The van der Waals surface area contributed by atoms with Gasteiger partial charge in [-0.15, -0.1) is 0 Å². The van der Waals surface area contributed by atoms with Gasteiger partial charge in [-0.3, -0.25) is 4.90 Å². The molecule has 3 heteroatoms. The van der Waals surface area contributed by atoms with Crippen molar-refractivity contribution in [1.29, 1.82) is 0 Å². The molecule has 2 rings (SSSR count). The first-order chi connectivity index (χ1) is 5.86. The van der Waals surface area contributed by atoms with E-state index in [9.17, 15) is 5.11 Å². The van der Waals surface area contributed by atoms with Crippen molar-refractivity contribution >= 4 is 0 Å². The average molecular weight is 170 g/mol. The summed E-state index contributed by atoms with van der Waals surface area (Å²) >= 11 is 0. The van der Waals surface area contributed by atoms with E-state index in [1.807, 2.05) is 0 Å². The minimum absolute atomic E-state index is 0.0527. The molecule has 0 aromatic heterocycles. The van der Waals surface area contributed by atoms with Crippen LogP contribution in [0.15, 0.2) is 0 Å². The van der Waals surface area contributed by atoms with Gasteiger partial charge in [-0.1, -0.05) is 0 Å². The van der Waals surface area contributed by atoms with E-state index in [0.29, 0.717) is 5.92 Å². The Bertz CT molecular complexity index is 141. The number of rotatable bonds is 3. The molecular formula is C9H18N2O. The van der Waals surface area contributed by atoms with Crippen LogP contribution in [0.2, 0.25) is 0 Å². The second kappa shape index (κ2) is 3.73. The van der Waals surface area contributed by atoms with Gasteiger partial charge in [0.2, 0.25) is 0 Å². The molecule has 1 aliphatic carbocycles. The Morgan fingerprint density at radius 3 is 2.58 bits per heavy atom. The van der Waals surface area contributed by atoms with E-state index < -0.39 is 0 Å². The molecule has 1 heterocycles. The molecule has 1 saturated heterocycles. The Balaban J connectivity index is 1.69. The zero-order chi connectivity index (χ0) is 8.39. The summed E-state index contributed by atoms with van der Waals surface area (Å²) < 4.78 is 0. The molecule has 1 saturated carbocycles. The largest absolute Gasteiger partial charge is 0.392 e. The fourth-order valence-electron chi connectivity index (χ4n) is 1.79. The molecule has 1 atom stereocenters. The number of piperazine rings is 1. The summed E-state index contributed by atoms with van der Waals surface area (Å²) in [6, 6.07) is 0. The van der Waals surface area contributed by atoms with E-state index in [0.717, 1.165) is 32.7 Å². The Labute approximate surface area is 73.8 Å². The maximum absolute atomic E-state index is 9.68. The first kappa shape index (κ1) is 8.48. The molecule has 2 fully saturated rings. The summed E-state index contributed by atoms with van der Waals surface area (Å²) in [7, 11) is 0. The van der Waals surface area contributed by atoms with Crippen LogP contribution >= 0.6 is 0 Å². The Morgan fingerprint density at radius 1 is 1.33 bits per heavy atom. The second-order valence-corrected chi connectivity index (χ2v) is 3.96. The Kier molecular flexibility index (Phi) is 2.63. The topological polar surface area (TPSA) is 35.5 Å². The third-order valence-corrected chi connectivity index (χ3v) is 2.82. The number of hydrogen-bond donors (Lipinski definition) is 2. The third-order valence-electron chi connectivity index (χ3n) is 2.82. The molecule has 12 heavy (non-hydrogen) atoms. The van der Waals surface area contributed by atoms with Crippen LogP contribution in [0.3, 0.4) is 0 Å². The van der Waals surface area contributed by atoms with Gasteiger partial charge in [-0.05, 0) is 18.8 Å². The lowest BCUT2D eigenvalue weighted by Gasteiger charge is -2.29. The van der Waals surface area contributed by atoms with Gasteiger partial charge in [0.05, 0.1) is 6.10 Å². The normalized spacial score (nSPS) is 28.8. The second-order valence-electron chi connectivity index (χ2n) is 3.96. The predicted molar refractivity (Wildman–Crippen MR) is 48.0 cm³/mol. The van der Waals surface area contributed by atoms with Crippen LogP contribution in [0, 0.1) is 5.92 Å².